The molecule has 0 N–H and O–H groups in total. The Kier molecular flexibility index (Phi) is 35.9. The third kappa shape index (κ3) is 35.2. The highest BCUT2D eigenvalue weighted by Crippen LogP contribution is 2.27. The number of likely N-dealkylation sites (N-methyl/N-ethyl adjacent to an activating group) is 1. The normalized spacial score (nSPS) is 26.2. The fourth-order valence-corrected chi connectivity index (χ4v) is 14.6. The van der Waals surface area contributed by atoms with E-state index in [2.05, 4.69) is 275 Å². The molecule has 0 aliphatic carbocycles. The third-order valence-corrected chi connectivity index (χ3v) is 22.3. The first-order valence-electron chi connectivity index (χ1n) is 34.5. The van der Waals surface area contributed by atoms with Crippen LogP contribution in [0, 0.1) is 11.8 Å². The van der Waals surface area contributed by atoms with E-state index in [-0.39, 0.29) is 22.2 Å². The van der Waals surface area contributed by atoms with E-state index >= 15 is 0 Å². The van der Waals surface area contributed by atoms with Crippen LogP contribution in [0.3, 0.4) is 0 Å². The molecule has 17 heteroatoms. The second-order valence-corrected chi connectivity index (χ2v) is 40.1. The van der Waals surface area contributed by atoms with Crippen molar-refractivity contribution in [3.8, 4) is 0 Å². The van der Waals surface area contributed by atoms with Gasteiger partial charge >= 0.3 is 0 Å². The van der Waals surface area contributed by atoms with Gasteiger partial charge in [-0.3, -0.25) is 43.4 Å². The first-order chi connectivity index (χ1) is 39.7. The molecular formula is C71H148N10O4S3. The van der Waals surface area contributed by atoms with E-state index in [1.807, 2.05) is 12.5 Å². The smallest absolute Gasteiger partial charge is 0.152 e. The van der Waals surface area contributed by atoms with Crippen LogP contribution in [0.25, 0.3) is 0 Å². The summed E-state index contributed by atoms with van der Waals surface area (Å²) >= 11 is 2.07. The summed E-state index contributed by atoms with van der Waals surface area (Å²) in [6.07, 6.45) is 10.5. The first-order valence-corrected chi connectivity index (χ1v) is 38.9. The Morgan fingerprint density at radius 3 is 1.08 bits per heavy atom. The lowest BCUT2D eigenvalue weighted by Crippen LogP contribution is -2.59. The maximum atomic E-state index is 11.1. The van der Waals surface area contributed by atoms with Gasteiger partial charge in [-0.15, -0.1) is 0 Å². The minimum atomic E-state index is -2.72. The van der Waals surface area contributed by atoms with Crippen molar-refractivity contribution in [1.82, 2.24) is 48.8 Å². The number of ether oxygens (including phenoxy) is 1. The number of sulfone groups is 1. The fourth-order valence-electron chi connectivity index (χ4n) is 11.5. The summed E-state index contributed by atoms with van der Waals surface area (Å²) in [4.78, 5) is 23.8. The van der Waals surface area contributed by atoms with Crippen molar-refractivity contribution in [1.29, 1.82) is 0 Å². The molecular weight excluding hydrogens is 1150 g/mol. The molecule has 0 saturated carbocycles. The first kappa shape index (κ1) is 85.3. The van der Waals surface area contributed by atoms with Gasteiger partial charge in [0, 0.05) is 175 Å². The van der Waals surface area contributed by atoms with Crippen LogP contribution in [0.15, 0.2) is 18.7 Å². The molecule has 524 valence electrons. The lowest BCUT2D eigenvalue weighted by Gasteiger charge is -2.48. The Bertz CT molecular complexity index is 2080. The number of morpholine rings is 1. The van der Waals surface area contributed by atoms with Crippen LogP contribution in [0.1, 0.15) is 227 Å². The molecule has 8 heterocycles. The van der Waals surface area contributed by atoms with Gasteiger partial charge in [0.15, 0.2) is 9.84 Å². The molecule has 1 aromatic rings. The van der Waals surface area contributed by atoms with Crippen LogP contribution in [-0.4, -0.2) is 258 Å². The molecule has 7 saturated heterocycles. The van der Waals surface area contributed by atoms with Crippen molar-refractivity contribution < 1.29 is 17.4 Å². The van der Waals surface area contributed by atoms with Gasteiger partial charge in [0.25, 0.3) is 0 Å². The van der Waals surface area contributed by atoms with E-state index < -0.39 is 20.6 Å². The molecule has 5 unspecified atom stereocenters. The molecule has 0 spiro atoms. The summed E-state index contributed by atoms with van der Waals surface area (Å²) in [6.45, 7) is 83.1. The van der Waals surface area contributed by atoms with Crippen LogP contribution in [0.5, 0.6) is 0 Å². The van der Waals surface area contributed by atoms with Crippen molar-refractivity contribution in [2.75, 3.05) is 133 Å². The van der Waals surface area contributed by atoms with Gasteiger partial charge in [-0.2, -0.15) is 11.8 Å². The van der Waals surface area contributed by atoms with Crippen molar-refractivity contribution in [2.45, 2.75) is 296 Å². The topological polar surface area (TPSA) is 104 Å². The second-order valence-electron chi connectivity index (χ2n) is 34.9. The average Bonchev–Trinajstić information content (AvgIpc) is 4.26. The van der Waals surface area contributed by atoms with Crippen molar-refractivity contribution >= 4 is 32.4 Å². The van der Waals surface area contributed by atoms with Crippen molar-refractivity contribution in [2.24, 2.45) is 11.8 Å². The number of likely N-dealkylation sites (tertiary alicyclic amines) is 2. The lowest BCUT2D eigenvalue weighted by molar-refractivity contribution is -0.0924. The molecule has 0 bridgehead atoms. The Balaban J connectivity index is 0.000000504. The number of rotatable bonds is 0. The molecule has 1 aromatic heterocycles. The van der Waals surface area contributed by atoms with Crippen LogP contribution in [0.2, 0.25) is 0 Å². The number of hydrogen-bond donors (Lipinski definition) is 0. The van der Waals surface area contributed by atoms with Gasteiger partial charge in [-0.05, 0) is 252 Å². The highest BCUT2D eigenvalue weighted by atomic mass is 32.2. The summed E-state index contributed by atoms with van der Waals surface area (Å²) in [5.41, 5.74) is 2.32. The largest absolute Gasteiger partial charge is 0.373 e. The predicted octanol–water partition coefficient (Wildman–Crippen LogP) is 13.2. The van der Waals surface area contributed by atoms with Crippen LogP contribution < -0.4 is 0 Å². The number of hydrogen-bond acceptors (Lipinski definition) is 14. The number of thioether (sulfide) groups is 1. The van der Waals surface area contributed by atoms with Gasteiger partial charge in [-0.1, -0.05) is 13.8 Å². The summed E-state index contributed by atoms with van der Waals surface area (Å²) in [5.74, 6) is 6.87. The van der Waals surface area contributed by atoms with E-state index in [1.165, 1.54) is 83.1 Å². The molecule has 14 nitrogen and oxygen atoms in total. The number of piperazine rings is 1. The zero-order chi connectivity index (χ0) is 68.2. The lowest BCUT2D eigenvalue weighted by atomic mass is 9.95. The minimum absolute atomic E-state index is 0.107. The van der Waals surface area contributed by atoms with Crippen LogP contribution in [0.4, 0.5) is 0 Å². The van der Waals surface area contributed by atoms with Crippen LogP contribution >= 0.6 is 11.8 Å². The second kappa shape index (κ2) is 37.0. The predicted molar refractivity (Wildman–Crippen MR) is 389 cm³/mol. The quantitative estimate of drug-likeness (QED) is 0.246. The highest BCUT2D eigenvalue weighted by molar-refractivity contribution is 7.99. The van der Waals surface area contributed by atoms with Crippen molar-refractivity contribution in [3.05, 3.63) is 18.7 Å². The molecule has 5 atom stereocenters. The molecule has 7 aliphatic heterocycles. The Morgan fingerprint density at radius 2 is 0.773 bits per heavy atom. The van der Waals surface area contributed by atoms with Gasteiger partial charge in [0.05, 0.1) is 30.0 Å². The number of nitrogens with zero attached hydrogens (tertiary/aromatic N) is 10. The van der Waals surface area contributed by atoms with E-state index in [9.17, 15) is 12.6 Å². The van der Waals surface area contributed by atoms with E-state index in [0.29, 0.717) is 71.0 Å². The Hall–Kier alpha value is -0.700. The molecule has 88 heavy (non-hydrogen) atoms. The summed E-state index contributed by atoms with van der Waals surface area (Å²) < 4.78 is 41.0. The average molecular weight is 1300 g/mol. The fraction of sp³-hybridized carbons (Fsp3) is 0.958. The summed E-state index contributed by atoms with van der Waals surface area (Å²) in [7, 11) is -1.02. The summed E-state index contributed by atoms with van der Waals surface area (Å²) in [6, 6.07) is 1.37. The van der Waals surface area contributed by atoms with Gasteiger partial charge in [0.1, 0.15) is 0 Å². The molecule has 7 fully saturated rings. The molecule has 0 aromatic carbocycles. The van der Waals surface area contributed by atoms with E-state index in [0.717, 1.165) is 49.5 Å². The minimum Gasteiger partial charge on any atom is -0.373 e. The van der Waals surface area contributed by atoms with Gasteiger partial charge < -0.3 is 9.30 Å². The molecule has 8 rings (SSSR count). The molecule has 0 radical (unpaired) electrons. The summed E-state index contributed by atoms with van der Waals surface area (Å²) in [5, 5.41) is 0. The van der Waals surface area contributed by atoms with E-state index in [1.54, 1.807) is 6.20 Å². The number of imidazole rings is 1. The SMILES string of the molecule is CC(C)(C)N1CCS(=O)(=O)CC1.CC(C)(C)N1CCS(=O)CC1.CC(C)(C)N1CCSCC1.CC(C)(C)n1ccnc1.CC1CCN(C(C)(C)C)C1.CC1CCN(C(C)(C)C)CC1.CC1CN(C(C)(C)C)CC(C)N1C.CC1CN(C(C)(C)C)CC(C)O1. The number of aromatic nitrogens is 2. The third-order valence-electron chi connectivity index (χ3n) is 18.4. The van der Waals surface area contributed by atoms with Crippen molar-refractivity contribution in [3.63, 3.8) is 0 Å². The maximum Gasteiger partial charge on any atom is 0.152 e. The molecule has 7 aliphatic rings. The number of piperidine rings is 1. The zero-order valence-electron chi connectivity index (χ0n) is 63.8. The van der Waals surface area contributed by atoms with Crippen LogP contribution in [-0.2, 0) is 30.9 Å². The maximum absolute atomic E-state index is 11.1. The van der Waals surface area contributed by atoms with Gasteiger partial charge in [0.2, 0.25) is 0 Å². The molecule has 0 amide bonds. The Morgan fingerprint density at radius 1 is 0.432 bits per heavy atom. The van der Waals surface area contributed by atoms with E-state index in [4.69, 9.17) is 4.74 Å². The van der Waals surface area contributed by atoms with Gasteiger partial charge in [-0.25, -0.2) is 13.4 Å². The Labute approximate surface area is 554 Å². The monoisotopic (exact) mass is 1300 g/mol. The zero-order valence-corrected chi connectivity index (χ0v) is 66.2. The highest BCUT2D eigenvalue weighted by Gasteiger charge is 2.34. The standard InChI is InChI=1S/C11H24N2.C10H21NO.C10H21N.C9H19N.C8H17NO2S.C8H17NOS.C8H17NS.C7H12N2/c1-9-7-13(11(3,4)5)8-10(2)12(9)6;1-8-6-11(10(3,4)5)7-9(2)12-8;1-9-5-7-11(8-6-9)10(2,3)4;1-8-5-6-10(7-8)9(2,3)4;1-8(2,3)9-4-6-12(10,11)7-5-9;1-8(2,3)9-4-6-11(10)7-5-9;1-8(2,3)9-4-6-10-7-5-9;1-7(2,3)9-5-4-8-6-9/h9-10H,7-8H2,1-6H3;8-9H,6-7H2,1-5H3;9H,5-8H2,1-4H3;8H,5-7H2,1-4H3;4-7H2,1-3H3;4-7H2,1-3H3;4-7H2,1-3H3;4-6H,1-3H3.